The quantitative estimate of drug-likeness (QED) is 0.849. The lowest BCUT2D eigenvalue weighted by Crippen LogP contribution is -2.48. The molecule has 0 saturated carbocycles. The first-order chi connectivity index (χ1) is 13.7. The van der Waals surface area contributed by atoms with Crippen molar-refractivity contribution >= 4 is 27.4 Å². The van der Waals surface area contributed by atoms with Crippen LogP contribution in [0.1, 0.15) is 54.8 Å². The van der Waals surface area contributed by atoms with Gasteiger partial charge < -0.3 is 15.1 Å². The van der Waals surface area contributed by atoms with Crippen LogP contribution in [0.2, 0.25) is 0 Å². The van der Waals surface area contributed by atoms with Gasteiger partial charge in [-0.2, -0.15) is 0 Å². The van der Waals surface area contributed by atoms with Crippen LogP contribution in [0.4, 0.5) is 5.82 Å². The molecule has 2 aromatic heterocycles. The van der Waals surface area contributed by atoms with Crippen LogP contribution in [0.5, 0.6) is 0 Å². The molecule has 152 valence electrons. The zero-order valence-electron chi connectivity index (χ0n) is 17.3. The highest BCUT2D eigenvalue weighted by molar-refractivity contribution is 7.19. The summed E-state index contributed by atoms with van der Waals surface area (Å²) in [5.74, 6) is 2.01. The van der Waals surface area contributed by atoms with E-state index < -0.39 is 0 Å². The third kappa shape index (κ3) is 3.66. The Morgan fingerprint density at radius 1 is 0.964 bits per heavy atom. The number of hydrogen-bond acceptors (Lipinski definition) is 6. The van der Waals surface area contributed by atoms with Gasteiger partial charge in [-0.25, -0.2) is 9.97 Å². The summed E-state index contributed by atoms with van der Waals surface area (Å²) in [6, 6.07) is 1.34. The Hall–Kier alpha value is -1.24. The first-order valence-corrected chi connectivity index (χ1v) is 12.0. The maximum Gasteiger partial charge on any atom is 0.139 e. The number of thiophene rings is 1. The van der Waals surface area contributed by atoms with Crippen molar-refractivity contribution < 1.29 is 0 Å². The van der Waals surface area contributed by atoms with Crippen LogP contribution >= 0.6 is 11.3 Å². The van der Waals surface area contributed by atoms with Crippen molar-refractivity contribution in [2.45, 2.75) is 70.4 Å². The predicted molar refractivity (Wildman–Crippen MR) is 118 cm³/mol. The Balaban J connectivity index is 1.29. The minimum atomic E-state index is 0.541. The second-order valence-electron chi connectivity index (χ2n) is 9.00. The molecule has 2 aliphatic heterocycles. The number of piperidine rings is 2. The molecule has 2 saturated heterocycles. The van der Waals surface area contributed by atoms with Crippen molar-refractivity contribution in [2.75, 3.05) is 38.5 Å². The third-order valence-electron chi connectivity index (χ3n) is 7.00. The first kappa shape index (κ1) is 18.8. The summed E-state index contributed by atoms with van der Waals surface area (Å²) in [6.45, 7) is 6.99. The molecular formula is C22H33N5S. The standard InChI is InChI=1S/C22H33N5S/c1-15-23-21(20-18-5-3-4-6-19(18)28-22(20)24-15)25-16-7-13-27(14-8-16)17-9-11-26(2)12-10-17/h16-17H,3-14H2,1-2H3,(H,23,24,25). The molecule has 0 amide bonds. The maximum atomic E-state index is 4.86. The highest BCUT2D eigenvalue weighted by Crippen LogP contribution is 2.39. The second-order valence-corrected chi connectivity index (χ2v) is 10.1. The highest BCUT2D eigenvalue weighted by atomic mass is 32.1. The van der Waals surface area contributed by atoms with E-state index in [-0.39, 0.29) is 0 Å². The average Bonchev–Trinajstić information content (AvgIpc) is 3.07. The lowest BCUT2D eigenvalue weighted by Gasteiger charge is -2.41. The largest absolute Gasteiger partial charge is 0.367 e. The van der Waals surface area contributed by atoms with Crippen molar-refractivity contribution in [2.24, 2.45) is 0 Å². The van der Waals surface area contributed by atoms with E-state index in [4.69, 9.17) is 9.97 Å². The molecule has 0 spiro atoms. The number of nitrogens with one attached hydrogen (secondary N) is 1. The lowest BCUT2D eigenvalue weighted by molar-refractivity contribution is 0.0994. The van der Waals surface area contributed by atoms with Crippen LogP contribution in [0, 0.1) is 6.92 Å². The summed E-state index contributed by atoms with van der Waals surface area (Å²) >= 11 is 1.91. The number of likely N-dealkylation sites (tertiary alicyclic amines) is 2. The summed E-state index contributed by atoms with van der Waals surface area (Å²) < 4.78 is 0. The fraction of sp³-hybridized carbons (Fsp3) is 0.727. The molecule has 28 heavy (non-hydrogen) atoms. The monoisotopic (exact) mass is 399 g/mol. The predicted octanol–water partition coefficient (Wildman–Crippen LogP) is 3.85. The van der Waals surface area contributed by atoms with Gasteiger partial charge in [0.1, 0.15) is 16.5 Å². The van der Waals surface area contributed by atoms with E-state index in [0.29, 0.717) is 6.04 Å². The Morgan fingerprint density at radius 3 is 2.50 bits per heavy atom. The van der Waals surface area contributed by atoms with E-state index in [2.05, 4.69) is 22.2 Å². The Labute approximate surface area is 172 Å². The van der Waals surface area contributed by atoms with Crippen molar-refractivity contribution in [3.8, 4) is 0 Å². The molecule has 0 unspecified atom stereocenters. The van der Waals surface area contributed by atoms with E-state index in [1.54, 1.807) is 4.88 Å². The molecule has 1 N–H and O–H groups in total. The molecule has 6 heteroatoms. The van der Waals surface area contributed by atoms with Gasteiger partial charge in [0.2, 0.25) is 0 Å². The number of hydrogen-bond donors (Lipinski definition) is 1. The van der Waals surface area contributed by atoms with Gasteiger partial charge in [0.25, 0.3) is 0 Å². The molecule has 0 atom stereocenters. The Bertz CT molecular complexity index is 831. The van der Waals surface area contributed by atoms with Crippen LogP contribution in [0.15, 0.2) is 0 Å². The molecular weight excluding hydrogens is 366 g/mol. The molecule has 2 aromatic rings. The highest BCUT2D eigenvalue weighted by Gasteiger charge is 2.28. The second kappa shape index (κ2) is 7.88. The summed E-state index contributed by atoms with van der Waals surface area (Å²) in [5, 5.41) is 5.19. The van der Waals surface area contributed by atoms with Gasteiger partial charge in [0, 0.05) is 30.1 Å². The lowest BCUT2D eigenvalue weighted by atomic mass is 9.96. The van der Waals surface area contributed by atoms with Crippen LogP contribution < -0.4 is 5.32 Å². The zero-order valence-corrected chi connectivity index (χ0v) is 18.2. The number of aryl methyl sites for hydroxylation is 3. The van der Waals surface area contributed by atoms with Crippen LogP contribution in [0.3, 0.4) is 0 Å². The Morgan fingerprint density at radius 2 is 1.71 bits per heavy atom. The van der Waals surface area contributed by atoms with Gasteiger partial charge in [-0.1, -0.05) is 0 Å². The molecule has 2 fully saturated rings. The first-order valence-electron chi connectivity index (χ1n) is 11.2. The summed E-state index contributed by atoms with van der Waals surface area (Å²) in [7, 11) is 2.25. The van der Waals surface area contributed by atoms with Crippen LogP contribution in [-0.4, -0.2) is 65.1 Å². The Kier molecular flexibility index (Phi) is 5.28. The normalized spacial score (nSPS) is 23.2. The van der Waals surface area contributed by atoms with Crippen LogP contribution in [0.25, 0.3) is 10.2 Å². The summed E-state index contributed by atoms with van der Waals surface area (Å²) in [4.78, 5) is 17.6. The minimum Gasteiger partial charge on any atom is -0.367 e. The number of anilines is 1. The average molecular weight is 400 g/mol. The smallest absolute Gasteiger partial charge is 0.139 e. The van der Waals surface area contributed by atoms with Crippen molar-refractivity contribution in [3.63, 3.8) is 0 Å². The summed E-state index contributed by atoms with van der Waals surface area (Å²) in [6.07, 6.45) is 10.2. The zero-order chi connectivity index (χ0) is 19.1. The molecule has 5 rings (SSSR count). The van der Waals surface area contributed by atoms with E-state index >= 15 is 0 Å². The van der Waals surface area contributed by atoms with Crippen molar-refractivity contribution in [3.05, 3.63) is 16.3 Å². The number of nitrogens with zero attached hydrogens (tertiary/aromatic N) is 4. The molecule has 0 aromatic carbocycles. The topological polar surface area (TPSA) is 44.3 Å². The van der Waals surface area contributed by atoms with E-state index in [0.717, 1.165) is 17.7 Å². The minimum absolute atomic E-state index is 0.541. The molecule has 0 radical (unpaired) electrons. The van der Waals surface area contributed by atoms with Crippen LogP contribution in [-0.2, 0) is 12.8 Å². The van der Waals surface area contributed by atoms with Crippen molar-refractivity contribution in [1.29, 1.82) is 0 Å². The number of fused-ring (bicyclic) bond motifs is 3. The molecule has 4 heterocycles. The maximum absolute atomic E-state index is 4.86. The van der Waals surface area contributed by atoms with Gasteiger partial charge in [0.15, 0.2) is 0 Å². The summed E-state index contributed by atoms with van der Waals surface area (Å²) in [5.41, 5.74) is 1.54. The van der Waals surface area contributed by atoms with Gasteiger partial charge in [0.05, 0.1) is 5.39 Å². The van der Waals surface area contributed by atoms with E-state index in [9.17, 15) is 0 Å². The SMILES string of the molecule is Cc1nc(NC2CCN(C3CCN(C)CC3)CC2)c2c3c(sc2n1)CCCC3. The van der Waals surface area contributed by atoms with Crippen molar-refractivity contribution in [1.82, 2.24) is 19.8 Å². The number of aromatic nitrogens is 2. The van der Waals surface area contributed by atoms with Gasteiger partial charge in [-0.15, -0.1) is 11.3 Å². The fourth-order valence-corrected chi connectivity index (χ4v) is 6.64. The fourth-order valence-electron chi connectivity index (χ4n) is 5.33. The number of rotatable bonds is 3. The van der Waals surface area contributed by atoms with Gasteiger partial charge in [-0.05, 0) is 84.0 Å². The molecule has 3 aliphatic rings. The van der Waals surface area contributed by atoms with E-state index in [1.807, 2.05) is 18.3 Å². The van der Waals surface area contributed by atoms with Gasteiger partial charge >= 0.3 is 0 Å². The molecule has 0 bridgehead atoms. The van der Waals surface area contributed by atoms with Gasteiger partial charge in [-0.3, -0.25) is 0 Å². The van der Waals surface area contributed by atoms with E-state index in [1.165, 1.54) is 93.3 Å². The molecule has 1 aliphatic carbocycles. The third-order valence-corrected chi connectivity index (χ3v) is 8.19. The molecule has 5 nitrogen and oxygen atoms in total.